The van der Waals surface area contributed by atoms with Gasteiger partial charge in [-0.3, -0.25) is 0 Å². The van der Waals surface area contributed by atoms with Gasteiger partial charge < -0.3 is 10.6 Å². The summed E-state index contributed by atoms with van der Waals surface area (Å²) in [6.07, 6.45) is 0. The first-order valence-corrected chi connectivity index (χ1v) is 8.04. The van der Waals surface area contributed by atoms with Crippen LogP contribution in [-0.4, -0.2) is 32.5 Å². The molecule has 100 valence electrons. The first-order chi connectivity index (χ1) is 8.39. The van der Waals surface area contributed by atoms with Gasteiger partial charge in [0.25, 0.3) is 0 Å². The summed E-state index contributed by atoms with van der Waals surface area (Å²) in [4.78, 5) is 2.14. The molecule has 0 spiro atoms. The second-order valence-electron chi connectivity index (χ2n) is 5.04. The predicted octanol–water partition coefficient (Wildman–Crippen LogP) is 1.33. The second-order valence-corrected chi connectivity index (χ2v) is 7.27. The van der Waals surface area contributed by atoms with Gasteiger partial charge in [0.15, 0.2) is 9.84 Å². The average molecular weight is 268 g/mol. The molecule has 0 amide bonds. The molecule has 1 fully saturated rings. The van der Waals surface area contributed by atoms with E-state index in [0.29, 0.717) is 6.54 Å². The van der Waals surface area contributed by atoms with Crippen LogP contribution in [0.5, 0.6) is 0 Å². The van der Waals surface area contributed by atoms with Crippen molar-refractivity contribution in [1.29, 1.82) is 0 Å². The zero-order chi connectivity index (χ0) is 13.3. The Labute approximate surface area is 109 Å². The van der Waals surface area contributed by atoms with Crippen molar-refractivity contribution in [3.63, 3.8) is 0 Å². The monoisotopic (exact) mass is 268 g/mol. The van der Waals surface area contributed by atoms with Crippen LogP contribution in [0.2, 0.25) is 0 Å². The number of hydrogen-bond donors (Lipinski definition) is 1. The smallest absolute Gasteiger partial charge is 0.154 e. The van der Waals surface area contributed by atoms with E-state index in [1.54, 1.807) is 0 Å². The average Bonchev–Trinajstić information content (AvgIpc) is 2.28. The van der Waals surface area contributed by atoms with Crippen molar-refractivity contribution in [3.05, 3.63) is 29.8 Å². The normalized spacial score (nSPS) is 24.8. The molecule has 1 heterocycles. The van der Waals surface area contributed by atoms with Gasteiger partial charge >= 0.3 is 0 Å². The Kier molecular flexibility index (Phi) is 3.64. The molecule has 0 aliphatic carbocycles. The van der Waals surface area contributed by atoms with E-state index >= 15 is 0 Å². The van der Waals surface area contributed by atoms with Gasteiger partial charge in [0, 0.05) is 24.3 Å². The molecule has 4 nitrogen and oxygen atoms in total. The van der Waals surface area contributed by atoms with E-state index in [2.05, 4.69) is 4.90 Å². The molecule has 5 heteroatoms. The maximum atomic E-state index is 11.5. The van der Waals surface area contributed by atoms with Crippen LogP contribution in [0.4, 0.5) is 5.69 Å². The van der Waals surface area contributed by atoms with Gasteiger partial charge in [0.2, 0.25) is 0 Å². The van der Waals surface area contributed by atoms with E-state index in [1.807, 2.05) is 38.1 Å². The summed E-state index contributed by atoms with van der Waals surface area (Å²) in [7, 11) is -2.86. The topological polar surface area (TPSA) is 63.4 Å². The number of nitrogens with two attached hydrogens (primary N) is 1. The van der Waals surface area contributed by atoms with Crippen molar-refractivity contribution in [2.45, 2.75) is 25.9 Å². The molecule has 2 atom stereocenters. The molecule has 0 saturated carbocycles. The number of rotatable bonds is 2. The van der Waals surface area contributed by atoms with Crippen LogP contribution in [0.3, 0.4) is 0 Å². The minimum Gasteiger partial charge on any atom is -0.367 e. The summed E-state index contributed by atoms with van der Waals surface area (Å²) in [6.45, 7) is 4.47. The first kappa shape index (κ1) is 13.4. The Hall–Kier alpha value is -1.07. The quantitative estimate of drug-likeness (QED) is 0.879. The molecule has 1 unspecified atom stereocenters. The van der Waals surface area contributed by atoms with E-state index in [-0.39, 0.29) is 23.6 Å². The molecule has 2 rings (SSSR count). The van der Waals surface area contributed by atoms with E-state index in [0.717, 1.165) is 11.3 Å². The lowest BCUT2D eigenvalue weighted by Gasteiger charge is -2.35. The fraction of sp³-hybridized carbons (Fsp3) is 0.538. The van der Waals surface area contributed by atoms with Crippen LogP contribution in [0.1, 0.15) is 25.5 Å². The molecule has 1 saturated heterocycles. The molecule has 0 aromatic heterocycles. The first-order valence-electron chi connectivity index (χ1n) is 6.22. The van der Waals surface area contributed by atoms with Crippen LogP contribution in [0.15, 0.2) is 24.3 Å². The highest BCUT2D eigenvalue weighted by Gasteiger charge is 2.28. The number of benzene rings is 1. The highest BCUT2D eigenvalue weighted by atomic mass is 32.2. The lowest BCUT2D eigenvalue weighted by atomic mass is 10.1. The van der Waals surface area contributed by atoms with E-state index in [1.165, 1.54) is 0 Å². The summed E-state index contributed by atoms with van der Waals surface area (Å²) in [5.41, 5.74) is 7.98. The fourth-order valence-electron chi connectivity index (χ4n) is 2.35. The van der Waals surface area contributed by atoms with Crippen molar-refractivity contribution in [2.75, 3.05) is 23.0 Å². The minimum absolute atomic E-state index is 0.0261. The maximum absolute atomic E-state index is 11.5. The molecule has 0 bridgehead atoms. The van der Waals surface area contributed by atoms with Gasteiger partial charge in [-0.1, -0.05) is 12.1 Å². The van der Waals surface area contributed by atoms with Crippen molar-refractivity contribution >= 4 is 15.5 Å². The van der Waals surface area contributed by atoms with E-state index in [4.69, 9.17) is 5.73 Å². The van der Waals surface area contributed by atoms with Gasteiger partial charge in [-0.25, -0.2) is 8.42 Å². The third-order valence-electron chi connectivity index (χ3n) is 3.42. The molecule has 0 radical (unpaired) electrons. The Balaban J connectivity index is 2.17. The maximum Gasteiger partial charge on any atom is 0.154 e. The third-order valence-corrected chi connectivity index (χ3v) is 5.22. The highest BCUT2D eigenvalue weighted by molar-refractivity contribution is 7.91. The van der Waals surface area contributed by atoms with Gasteiger partial charge in [-0.2, -0.15) is 0 Å². The minimum atomic E-state index is -2.86. The van der Waals surface area contributed by atoms with Crippen molar-refractivity contribution in [2.24, 2.45) is 5.73 Å². The van der Waals surface area contributed by atoms with E-state index < -0.39 is 9.84 Å². The van der Waals surface area contributed by atoms with Gasteiger partial charge in [-0.15, -0.1) is 0 Å². The molecule has 18 heavy (non-hydrogen) atoms. The third kappa shape index (κ3) is 2.84. The van der Waals surface area contributed by atoms with Crippen molar-refractivity contribution < 1.29 is 8.42 Å². The Morgan fingerprint density at radius 3 is 2.44 bits per heavy atom. The molecular formula is C13H20N2O2S. The fourth-order valence-corrected chi connectivity index (χ4v) is 3.91. The SMILES string of the molecule is CC1CS(=O)(=O)CCN1c1ccc([C@H](C)N)cc1. The van der Waals surface area contributed by atoms with Gasteiger partial charge in [-0.05, 0) is 31.5 Å². The summed E-state index contributed by atoms with van der Waals surface area (Å²) in [5, 5.41) is 0. The van der Waals surface area contributed by atoms with E-state index in [9.17, 15) is 8.42 Å². The largest absolute Gasteiger partial charge is 0.367 e. The van der Waals surface area contributed by atoms with Gasteiger partial charge in [0.1, 0.15) is 0 Å². The number of hydrogen-bond acceptors (Lipinski definition) is 4. The van der Waals surface area contributed by atoms with Crippen molar-refractivity contribution in [1.82, 2.24) is 0 Å². The van der Waals surface area contributed by atoms with Crippen LogP contribution >= 0.6 is 0 Å². The standard InChI is InChI=1S/C13H20N2O2S/c1-10-9-18(16,17)8-7-15(10)13-5-3-12(4-6-13)11(2)14/h3-6,10-11H,7-9,14H2,1-2H3/t10?,11-/m0/s1. The van der Waals surface area contributed by atoms with Crippen molar-refractivity contribution in [3.8, 4) is 0 Å². The lowest BCUT2D eigenvalue weighted by Crippen LogP contribution is -2.47. The van der Waals surface area contributed by atoms with Crippen LogP contribution < -0.4 is 10.6 Å². The molecular weight excluding hydrogens is 248 g/mol. The number of sulfone groups is 1. The Bertz CT molecular complexity index is 508. The molecule has 1 aromatic rings. The molecule has 1 aromatic carbocycles. The highest BCUT2D eigenvalue weighted by Crippen LogP contribution is 2.23. The number of anilines is 1. The van der Waals surface area contributed by atoms with Crippen LogP contribution in [-0.2, 0) is 9.84 Å². The Morgan fingerprint density at radius 2 is 1.94 bits per heavy atom. The predicted molar refractivity (Wildman–Crippen MR) is 74.5 cm³/mol. The summed E-state index contributed by atoms with van der Waals surface area (Å²) >= 11 is 0. The molecule has 1 aliphatic rings. The van der Waals surface area contributed by atoms with Crippen LogP contribution in [0.25, 0.3) is 0 Å². The summed E-state index contributed by atoms with van der Waals surface area (Å²) in [5.74, 6) is 0.481. The zero-order valence-corrected chi connectivity index (χ0v) is 11.7. The summed E-state index contributed by atoms with van der Waals surface area (Å²) in [6, 6.07) is 8.12. The lowest BCUT2D eigenvalue weighted by molar-refractivity contribution is 0.568. The second kappa shape index (κ2) is 4.90. The zero-order valence-electron chi connectivity index (χ0n) is 10.8. The molecule has 1 aliphatic heterocycles. The van der Waals surface area contributed by atoms with Gasteiger partial charge in [0.05, 0.1) is 11.5 Å². The summed E-state index contributed by atoms with van der Waals surface area (Å²) < 4.78 is 23.1. The Morgan fingerprint density at radius 1 is 1.33 bits per heavy atom. The number of nitrogens with zero attached hydrogens (tertiary/aromatic N) is 1. The van der Waals surface area contributed by atoms with Crippen LogP contribution in [0, 0.1) is 0 Å². The molecule has 2 N–H and O–H groups in total.